The maximum absolute atomic E-state index is 12.8. The van der Waals surface area contributed by atoms with E-state index >= 15 is 0 Å². The SMILES string of the molecule is CC(C)CC[C@H]1CC([C@@H](O)CCC(C)C)=C(C(=O)CC(C)C)C1=O. The first kappa shape index (κ1) is 21.1. The first-order valence-corrected chi connectivity index (χ1v) is 9.61. The highest BCUT2D eigenvalue weighted by molar-refractivity contribution is 6.23. The third kappa shape index (κ3) is 6.16. The van der Waals surface area contributed by atoms with Crippen molar-refractivity contribution in [3.63, 3.8) is 0 Å². The lowest BCUT2D eigenvalue weighted by Gasteiger charge is -2.16. The zero-order valence-electron chi connectivity index (χ0n) is 16.4. The van der Waals surface area contributed by atoms with Gasteiger partial charge in [0, 0.05) is 12.3 Å². The highest BCUT2D eigenvalue weighted by Crippen LogP contribution is 2.36. The minimum Gasteiger partial charge on any atom is -0.389 e. The number of rotatable bonds is 10. The predicted octanol–water partition coefficient (Wildman–Crippen LogP) is 4.72. The standard InChI is InChI=1S/C21H36O3/c1-13(2)7-9-16-12-17(18(22)10-8-14(3)4)20(21(16)24)19(23)11-15(5)6/h13-16,18,22H,7-12H2,1-6H3/t16-,18-/m0/s1. The van der Waals surface area contributed by atoms with Crippen LogP contribution in [0.4, 0.5) is 0 Å². The lowest BCUT2D eigenvalue weighted by molar-refractivity contribution is -0.123. The highest BCUT2D eigenvalue weighted by atomic mass is 16.3. The van der Waals surface area contributed by atoms with Crippen LogP contribution in [0.1, 0.15) is 80.1 Å². The number of Topliss-reactive ketones (excluding diaryl/α,β-unsaturated/α-hetero) is 2. The normalized spacial score (nSPS) is 19.9. The summed E-state index contributed by atoms with van der Waals surface area (Å²) in [5, 5.41) is 10.6. The summed E-state index contributed by atoms with van der Waals surface area (Å²) in [5.74, 6) is 1.08. The Morgan fingerprint density at radius 1 is 1.00 bits per heavy atom. The molecule has 3 heteroatoms. The molecule has 0 aliphatic heterocycles. The van der Waals surface area contributed by atoms with Crippen LogP contribution in [0.25, 0.3) is 0 Å². The van der Waals surface area contributed by atoms with E-state index < -0.39 is 6.10 Å². The van der Waals surface area contributed by atoms with Crippen molar-refractivity contribution in [1.82, 2.24) is 0 Å². The second-order valence-electron chi connectivity index (χ2n) is 8.64. The highest BCUT2D eigenvalue weighted by Gasteiger charge is 2.38. The van der Waals surface area contributed by atoms with Gasteiger partial charge < -0.3 is 5.11 Å². The number of allylic oxidation sites excluding steroid dienone is 1. The van der Waals surface area contributed by atoms with Gasteiger partial charge in [0.1, 0.15) is 0 Å². The van der Waals surface area contributed by atoms with Crippen molar-refractivity contribution in [2.24, 2.45) is 23.7 Å². The minimum atomic E-state index is -0.647. The molecule has 1 aliphatic carbocycles. The van der Waals surface area contributed by atoms with Gasteiger partial charge in [-0.05, 0) is 49.0 Å². The average Bonchev–Trinajstić information content (AvgIpc) is 2.78. The predicted molar refractivity (Wildman–Crippen MR) is 98.8 cm³/mol. The molecule has 2 atom stereocenters. The summed E-state index contributed by atoms with van der Waals surface area (Å²) in [6.07, 6.45) is 3.65. The van der Waals surface area contributed by atoms with Crippen molar-refractivity contribution in [1.29, 1.82) is 0 Å². The van der Waals surface area contributed by atoms with Crippen LogP contribution in [-0.2, 0) is 9.59 Å². The molecule has 3 nitrogen and oxygen atoms in total. The number of aliphatic hydroxyl groups is 1. The van der Waals surface area contributed by atoms with Gasteiger partial charge in [-0.2, -0.15) is 0 Å². The number of carbonyl (C=O) groups is 2. The van der Waals surface area contributed by atoms with E-state index in [0.717, 1.165) is 24.8 Å². The van der Waals surface area contributed by atoms with Gasteiger partial charge in [0.25, 0.3) is 0 Å². The number of hydrogen-bond acceptors (Lipinski definition) is 3. The molecule has 138 valence electrons. The van der Waals surface area contributed by atoms with Crippen LogP contribution in [0, 0.1) is 23.7 Å². The van der Waals surface area contributed by atoms with Gasteiger partial charge in [-0.15, -0.1) is 0 Å². The molecule has 1 rings (SSSR count). The van der Waals surface area contributed by atoms with Gasteiger partial charge in [0.15, 0.2) is 11.6 Å². The maximum Gasteiger partial charge on any atom is 0.169 e. The number of hydrogen-bond donors (Lipinski definition) is 1. The second-order valence-corrected chi connectivity index (χ2v) is 8.64. The third-order valence-electron chi connectivity index (χ3n) is 4.79. The van der Waals surface area contributed by atoms with Gasteiger partial charge in [-0.25, -0.2) is 0 Å². The second kappa shape index (κ2) is 9.50. The number of carbonyl (C=O) groups excluding carboxylic acids is 2. The average molecular weight is 337 g/mol. The van der Waals surface area contributed by atoms with Crippen molar-refractivity contribution in [2.45, 2.75) is 86.2 Å². The summed E-state index contributed by atoms with van der Waals surface area (Å²) in [5.41, 5.74) is 1.06. The Bertz CT molecular complexity index is 471. The summed E-state index contributed by atoms with van der Waals surface area (Å²) >= 11 is 0. The van der Waals surface area contributed by atoms with Gasteiger partial charge in [-0.3, -0.25) is 9.59 Å². The Balaban J connectivity index is 2.96. The Morgan fingerprint density at radius 2 is 1.58 bits per heavy atom. The third-order valence-corrected chi connectivity index (χ3v) is 4.79. The molecule has 0 bridgehead atoms. The summed E-state index contributed by atoms with van der Waals surface area (Å²) in [6, 6.07) is 0. The van der Waals surface area contributed by atoms with Crippen molar-refractivity contribution in [3.8, 4) is 0 Å². The number of aliphatic hydroxyl groups excluding tert-OH is 1. The van der Waals surface area contributed by atoms with Crippen molar-refractivity contribution >= 4 is 11.6 Å². The Morgan fingerprint density at radius 3 is 2.08 bits per heavy atom. The molecule has 1 N–H and O–H groups in total. The fourth-order valence-electron chi connectivity index (χ4n) is 3.35. The van der Waals surface area contributed by atoms with E-state index in [-0.39, 0.29) is 23.4 Å². The smallest absolute Gasteiger partial charge is 0.169 e. The minimum absolute atomic E-state index is 0.0140. The molecule has 0 saturated heterocycles. The lowest BCUT2D eigenvalue weighted by Crippen LogP contribution is -2.19. The van der Waals surface area contributed by atoms with E-state index in [0.29, 0.717) is 36.7 Å². The van der Waals surface area contributed by atoms with Crippen LogP contribution < -0.4 is 0 Å². The summed E-state index contributed by atoms with van der Waals surface area (Å²) in [4.78, 5) is 25.4. The fourth-order valence-corrected chi connectivity index (χ4v) is 3.35. The van der Waals surface area contributed by atoms with E-state index in [1.807, 2.05) is 13.8 Å². The van der Waals surface area contributed by atoms with Gasteiger partial charge in [0.2, 0.25) is 0 Å². The monoisotopic (exact) mass is 336 g/mol. The maximum atomic E-state index is 12.8. The summed E-state index contributed by atoms with van der Waals surface area (Å²) in [6.45, 7) is 12.5. The van der Waals surface area contributed by atoms with E-state index in [1.165, 1.54) is 0 Å². The molecule has 0 fully saturated rings. The molecule has 1 aliphatic rings. The first-order valence-electron chi connectivity index (χ1n) is 9.61. The van der Waals surface area contributed by atoms with Gasteiger partial charge in [-0.1, -0.05) is 48.0 Å². The van der Waals surface area contributed by atoms with Crippen LogP contribution in [0.15, 0.2) is 11.1 Å². The molecular weight excluding hydrogens is 300 g/mol. The van der Waals surface area contributed by atoms with E-state index in [2.05, 4.69) is 27.7 Å². The van der Waals surface area contributed by atoms with Crippen LogP contribution in [0.3, 0.4) is 0 Å². The van der Waals surface area contributed by atoms with Crippen molar-refractivity contribution in [3.05, 3.63) is 11.1 Å². The fraction of sp³-hybridized carbons (Fsp3) is 0.810. The molecule has 0 spiro atoms. The summed E-state index contributed by atoms with van der Waals surface area (Å²) in [7, 11) is 0. The molecule has 0 aromatic heterocycles. The molecular formula is C21H36O3. The molecule has 0 aromatic rings. The largest absolute Gasteiger partial charge is 0.389 e. The molecule has 24 heavy (non-hydrogen) atoms. The van der Waals surface area contributed by atoms with Crippen LogP contribution in [-0.4, -0.2) is 22.8 Å². The Labute approximate surface area is 147 Å². The zero-order chi connectivity index (χ0) is 18.4. The van der Waals surface area contributed by atoms with Gasteiger partial charge in [0.05, 0.1) is 11.7 Å². The zero-order valence-corrected chi connectivity index (χ0v) is 16.4. The molecule has 0 saturated carbocycles. The van der Waals surface area contributed by atoms with Crippen LogP contribution in [0.5, 0.6) is 0 Å². The van der Waals surface area contributed by atoms with E-state index in [4.69, 9.17) is 0 Å². The molecule has 0 heterocycles. The molecule has 0 radical (unpaired) electrons. The lowest BCUT2D eigenvalue weighted by atomic mass is 9.92. The van der Waals surface area contributed by atoms with Gasteiger partial charge >= 0.3 is 0 Å². The Kier molecular flexibility index (Phi) is 8.35. The number of ketones is 2. The van der Waals surface area contributed by atoms with Crippen molar-refractivity contribution in [2.75, 3.05) is 0 Å². The first-order chi connectivity index (χ1) is 11.1. The quantitative estimate of drug-likeness (QED) is 0.587. The van der Waals surface area contributed by atoms with E-state index in [1.54, 1.807) is 0 Å². The topological polar surface area (TPSA) is 54.4 Å². The summed E-state index contributed by atoms with van der Waals surface area (Å²) < 4.78 is 0. The molecule has 0 aromatic carbocycles. The van der Waals surface area contributed by atoms with Crippen LogP contribution >= 0.6 is 0 Å². The van der Waals surface area contributed by atoms with Crippen molar-refractivity contribution < 1.29 is 14.7 Å². The van der Waals surface area contributed by atoms with Crippen LogP contribution in [0.2, 0.25) is 0 Å². The molecule has 0 unspecified atom stereocenters. The molecule has 0 amide bonds. The van der Waals surface area contributed by atoms with E-state index in [9.17, 15) is 14.7 Å². The Hall–Kier alpha value is -0.960.